The van der Waals surface area contributed by atoms with Gasteiger partial charge in [0.1, 0.15) is 5.75 Å². The van der Waals surface area contributed by atoms with Crippen LogP contribution < -0.4 is 25.3 Å². The highest BCUT2D eigenvalue weighted by atomic mass is 16.5. The van der Waals surface area contributed by atoms with E-state index in [1.807, 2.05) is 38.1 Å². The van der Waals surface area contributed by atoms with Gasteiger partial charge in [-0.05, 0) is 84.2 Å². The molecule has 0 aliphatic heterocycles. The maximum absolute atomic E-state index is 13.4. The summed E-state index contributed by atoms with van der Waals surface area (Å²) in [6, 6.07) is 13.6. The van der Waals surface area contributed by atoms with Crippen LogP contribution in [0.15, 0.2) is 42.5 Å². The second kappa shape index (κ2) is 19.0. The fraction of sp³-hybridized carbons (Fsp3) is 0.649. The predicted octanol–water partition coefficient (Wildman–Crippen LogP) is 6.06. The zero-order valence-electron chi connectivity index (χ0n) is 29.2. The maximum Gasteiger partial charge on any atom is 0.223 e. The number of carbonyl (C=O) groups excluding carboxylic acids is 1. The number of hydrogen-bond donors (Lipinski definition) is 3. The van der Waals surface area contributed by atoms with Crippen molar-refractivity contribution in [1.82, 2.24) is 5.32 Å². The molecule has 8 nitrogen and oxygen atoms in total. The highest BCUT2D eigenvalue weighted by Crippen LogP contribution is 2.32. The third-order valence-electron chi connectivity index (χ3n) is 8.71. The van der Waals surface area contributed by atoms with Gasteiger partial charge in [-0.3, -0.25) is 4.79 Å². The van der Waals surface area contributed by atoms with Crippen molar-refractivity contribution in [3.05, 3.63) is 53.6 Å². The van der Waals surface area contributed by atoms with Gasteiger partial charge in [-0.2, -0.15) is 0 Å². The maximum atomic E-state index is 13.4. The Morgan fingerprint density at radius 2 is 1.56 bits per heavy atom. The molecule has 1 amide bonds. The van der Waals surface area contributed by atoms with Crippen LogP contribution in [0, 0.1) is 29.1 Å². The number of nitrogens with one attached hydrogen (secondary N) is 1. The van der Waals surface area contributed by atoms with E-state index in [4.69, 9.17) is 24.7 Å². The van der Waals surface area contributed by atoms with Crippen molar-refractivity contribution in [2.45, 2.75) is 85.8 Å². The van der Waals surface area contributed by atoms with Crippen molar-refractivity contribution in [3.63, 3.8) is 0 Å². The van der Waals surface area contributed by atoms with Crippen molar-refractivity contribution in [2.24, 2.45) is 34.8 Å². The lowest BCUT2D eigenvalue weighted by Crippen LogP contribution is -2.44. The summed E-state index contributed by atoms with van der Waals surface area (Å²) in [5, 5.41) is 14.4. The Kier molecular flexibility index (Phi) is 16.2. The van der Waals surface area contributed by atoms with E-state index in [-0.39, 0.29) is 29.1 Å². The van der Waals surface area contributed by atoms with Gasteiger partial charge in [0.15, 0.2) is 11.5 Å². The summed E-state index contributed by atoms with van der Waals surface area (Å²) in [4.78, 5) is 13.4. The van der Waals surface area contributed by atoms with Gasteiger partial charge < -0.3 is 35.1 Å². The summed E-state index contributed by atoms with van der Waals surface area (Å²) in [5.41, 5.74) is 8.82. The van der Waals surface area contributed by atoms with Gasteiger partial charge >= 0.3 is 0 Å². The second-order valence-corrected chi connectivity index (χ2v) is 13.8. The molecular weight excluding hydrogens is 568 g/mol. The van der Waals surface area contributed by atoms with Gasteiger partial charge in [0.05, 0.1) is 26.9 Å². The number of aliphatic hydroxyl groups is 1. The van der Waals surface area contributed by atoms with Crippen molar-refractivity contribution in [1.29, 1.82) is 0 Å². The SMILES string of the molecule is COCCCOc1cc(C[C@@H](C[C@H](N)[C@@H](O)C[C@H](C(=O)NCC(C)(C)Cc2ccc(OC)cc2)C(C)C)C(C)C)ccc1OC. The Hall–Kier alpha value is -2.81. The number of ether oxygens (including phenoxy) is 4. The van der Waals surface area contributed by atoms with E-state index in [0.717, 1.165) is 36.3 Å². The van der Waals surface area contributed by atoms with Crippen LogP contribution >= 0.6 is 0 Å². The highest BCUT2D eigenvalue weighted by molar-refractivity contribution is 5.79. The minimum absolute atomic E-state index is 0.0317. The molecule has 0 spiro atoms. The topological polar surface area (TPSA) is 112 Å². The molecule has 2 aromatic rings. The Bertz CT molecular complexity index is 1130. The molecule has 0 saturated carbocycles. The quantitative estimate of drug-likeness (QED) is 0.144. The summed E-state index contributed by atoms with van der Waals surface area (Å²) in [6.45, 7) is 14.5. The molecule has 0 radical (unpaired) electrons. The molecule has 4 N–H and O–H groups in total. The zero-order valence-corrected chi connectivity index (χ0v) is 29.2. The standard InChI is InChI=1S/C37H60N2O6/c1-25(2)29(19-28-13-16-34(44-9)35(20-28)45-18-10-17-42-7)21-32(38)33(40)22-31(26(3)4)36(41)39-24-37(5,6)23-27-11-14-30(43-8)15-12-27/h11-16,20,25-26,29,31-33,40H,10,17-19,21-24,38H2,1-9H3,(H,39,41)/t29-,31-,32-,33-/m0/s1. The van der Waals surface area contributed by atoms with Crippen LogP contribution in [-0.2, 0) is 22.4 Å². The molecule has 0 unspecified atom stereocenters. The van der Waals surface area contributed by atoms with Crippen LogP contribution in [0.4, 0.5) is 0 Å². The van der Waals surface area contributed by atoms with Crippen molar-refractivity contribution < 1.29 is 28.8 Å². The molecular formula is C37H60N2O6. The van der Waals surface area contributed by atoms with E-state index in [1.165, 1.54) is 5.56 Å². The molecule has 254 valence electrons. The van der Waals surface area contributed by atoms with Crippen molar-refractivity contribution in [2.75, 3.05) is 41.1 Å². The van der Waals surface area contributed by atoms with Crippen LogP contribution in [-0.4, -0.2) is 64.2 Å². The smallest absolute Gasteiger partial charge is 0.223 e. The molecule has 8 heteroatoms. The van der Waals surface area contributed by atoms with E-state index in [9.17, 15) is 9.90 Å². The molecule has 0 fully saturated rings. The van der Waals surface area contributed by atoms with Crippen LogP contribution in [0.3, 0.4) is 0 Å². The second-order valence-electron chi connectivity index (χ2n) is 13.8. The van der Waals surface area contributed by atoms with Gasteiger partial charge in [-0.25, -0.2) is 0 Å². The number of methoxy groups -OCH3 is 3. The summed E-state index contributed by atoms with van der Waals surface area (Å²) in [6.07, 6.45) is 2.61. The molecule has 0 aromatic heterocycles. The molecule has 0 aliphatic rings. The largest absolute Gasteiger partial charge is 0.497 e. The van der Waals surface area contributed by atoms with Crippen molar-refractivity contribution in [3.8, 4) is 17.2 Å². The van der Waals surface area contributed by atoms with Gasteiger partial charge in [0.25, 0.3) is 0 Å². The number of aliphatic hydroxyl groups excluding tert-OH is 1. The lowest BCUT2D eigenvalue weighted by molar-refractivity contribution is -0.128. The first-order valence-corrected chi connectivity index (χ1v) is 16.4. The molecule has 0 saturated heterocycles. The van der Waals surface area contributed by atoms with E-state index >= 15 is 0 Å². The number of nitrogens with two attached hydrogens (primary N) is 1. The van der Waals surface area contributed by atoms with Crippen LogP contribution in [0.5, 0.6) is 17.2 Å². The predicted molar refractivity (Wildman–Crippen MR) is 182 cm³/mol. The van der Waals surface area contributed by atoms with E-state index in [0.29, 0.717) is 44.3 Å². The molecule has 2 aromatic carbocycles. The van der Waals surface area contributed by atoms with Gasteiger partial charge in [0, 0.05) is 38.6 Å². The average Bonchev–Trinajstić information content (AvgIpc) is 3.00. The first-order valence-electron chi connectivity index (χ1n) is 16.4. The Morgan fingerprint density at radius 3 is 2.13 bits per heavy atom. The average molecular weight is 629 g/mol. The van der Waals surface area contributed by atoms with Crippen LogP contribution in [0.1, 0.15) is 71.9 Å². The highest BCUT2D eigenvalue weighted by Gasteiger charge is 2.31. The third kappa shape index (κ3) is 13.2. The van der Waals surface area contributed by atoms with Gasteiger partial charge in [0.2, 0.25) is 5.91 Å². The van der Waals surface area contributed by atoms with Crippen LogP contribution in [0.2, 0.25) is 0 Å². The number of hydrogen-bond acceptors (Lipinski definition) is 7. The minimum atomic E-state index is -0.785. The lowest BCUT2D eigenvalue weighted by Gasteiger charge is -2.31. The molecule has 0 aliphatic carbocycles. The van der Waals surface area contributed by atoms with Gasteiger partial charge in [-0.1, -0.05) is 59.7 Å². The van der Waals surface area contributed by atoms with Crippen LogP contribution in [0.25, 0.3) is 0 Å². The Balaban J connectivity index is 1.99. The molecule has 4 atom stereocenters. The fourth-order valence-electron chi connectivity index (χ4n) is 5.68. The Morgan fingerprint density at radius 1 is 0.889 bits per heavy atom. The molecule has 0 bridgehead atoms. The monoisotopic (exact) mass is 628 g/mol. The zero-order chi connectivity index (χ0) is 33.6. The summed E-state index contributed by atoms with van der Waals surface area (Å²) < 4.78 is 21.9. The number of amides is 1. The summed E-state index contributed by atoms with van der Waals surface area (Å²) >= 11 is 0. The van der Waals surface area contributed by atoms with Crippen molar-refractivity contribution >= 4 is 5.91 Å². The lowest BCUT2D eigenvalue weighted by atomic mass is 9.80. The fourth-order valence-corrected chi connectivity index (χ4v) is 5.68. The molecule has 0 heterocycles. The summed E-state index contributed by atoms with van der Waals surface area (Å²) in [7, 11) is 4.98. The first-order chi connectivity index (χ1) is 21.3. The number of rotatable bonds is 21. The number of benzene rings is 2. The Labute approximate surface area is 272 Å². The molecule has 45 heavy (non-hydrogen) atoms. The van der Waals surface area contributed by atoms with E-state index < -0.39 is 12.1 Å². The normalized spacial score (nSPS) is 14.6. The van der Waals surface area contributed by atoms with E-state index in [2.05, 4.69) is 51.2 Å². The summed E-state index contributed by atoms with van der Waals surface area (Å²) in [5.74, 6) is 2.55. The third-order valence-corrected chi connectivity index (χ3v) is 8.71. The minimum Gasteiger partial charge on any atom is -0.497 e. The molecule has 2 rings (SSSR count). The number of carbonyl (C=O) groups is 1. The van der Waals surface area contributed by atoms with E-state index in [1.54, 1.807) is 21.3 Å². The van der Waals surface area contributed by atoms with Gasteiger partial charge in [-0.15, -0.1) is 0 Å². The first kappa shape index (κ1) is 38.4.